The number of hydrogen-bond acceptors (Lipinski definition) is 3. The Labute approximate surface area is 174 Å². The molecule has 0 saturated carbocycles. The summed E-state index contributed by atoms with van der Waals surface area (Å²) in [5.74, 6) is 0.430. The van der Waals surface area contributed by atoms with Crippen molar-refractivity contribution in [3.05, 3.63) is 65.2 Å². The Morgan fingerprint density at radius 1 is 1.03 bits per heavy atom. The Morgan fingerprint density at radius 3 is 2.17 bits per heavy atom. The van der Waals surface area contributed by atoms with E-state index in [2.05, 4.69) is 24.3 Å². The van der Waals surface area contributed by atoms with Crippen LogP contribution in [0.1, 0.15) is 29.5 Å². The minimum atomic E-state index is -3.55. The number of sulfonamides is 1. The van der Waals surface area contributed by atoms with Crippen molar-refractivity contribution in [3.63, 3.8) is 0 Å². The summed E-state index contributed by atoms with van der Waals surface area (Å²) in [6.45, 7) is 5.07. The van der Waals surface area contributed by atoms with Gasteiger partial charge in [0.25, 0.3) is 0 Å². The molecule has 156 valence electrons. The molecule has 5 nitrogen and oxygen atoms in total. The molecule has 0 bridgehead atoms. The van der Waals surface area contributed by atoms with Crippen LogP contribution in [0.5, 0.6) is 0 Å². The van der Waals surface area contributed by atoms with Crippen LogP contribution in [0.3, 0.4) is 0 Å². The van der Waals surface area contributed by atoms with Crippen LogP contribution >= 0.6 is 0 Å². The molecular weight excluding hydrogens is 384 g/mol. The van der Waals surface area contributed by atoms with Crippen LogP contribution in [-0.4, -0.2) is 45.1 Å². The van der Waals surface area contributed by atoms with Gasteiger partial charge in [0.05, 0.1) is 11.9 Å². The lowest BCUT2D eigenvalue weighted by molar-refractivity contribution is -0.130. The highest BCUT2D eigenvalue weighted by atomic mass is 32.2. The predicted octanol–water partition coefficient (Wildman–Crippen LogP) is 3.55. The van der Waals surface area contributed by atoms with E-state index < -0.39 is 10.0 Å². The van der Waals surface area contributed by atoms with E-state index in [1.165, 1.54) is 9.87 Å². The van der Waals surface area contributed by atoms with Crippen LogP contribution in [0, 0.1) is 19.8 Å². The second kappa shape index (κ2) is 8.99. The summed E-state index contributed by atoms with van der Waals surface area (Å²) in [5.41, 5.74) is 3.83. The number of anilines is 1. The molecule has 6 heteroatoms. The molecule has 1 heterocycles. The van der Waals surface area contributed by atoms with E-state index in [0.717, 1.165) is 36.6 Å². The summed E-state index contributed by atoms with van der Waals surface area (Å²) in [5, 5.41) is 0. The highest BCUT2D eigenvalue weighted by molar-refractivity contribution is 7.92. The number of piperidine rings is 1. The van der Waals surface area contributed by atoms with E-state index in [0.29, 0.717) is 24.7 Å². The van der Waals surface area contributed by atoms with Gasteiger partial charge in [-0.2, -0.15) is 0 Å². The molecule has 1 amide bonds. The van der Waals surface area contributed by atoms with E-state index in [1.54, 1.807) is 0 Å². The zero-order valence-corrected chi connectivity index (χ0v) is 18.3. The lowest BCUT2D eigenvalue weighted by Crippen LogP contribution is -2.46. The second-order valence-electron chi connectivity index (χ2n) is 8.13. The molecule has 0 unspecified atom stereocenters. The molecular formula is C23H30N2O3S. The van der Waals surface area contributed by atoms with E-state index in [9.17, 15) is 13.2 Å². The molecule has 0 aliphatic carbocycles. The number of carbonyl (C=O) groups excluding carboxylic acids is 1. The fourth-order valence-corrected chi connectivity index (χ4v) is 4.88. The van der Waals surface area contributed by atoms with E-state index in [1.807, 2.05) is 43.0 Å². The first-order valence-electron chi connectivity index (χ1n) is 10.1. The van der Waals surface area contributed by atoms with Crippen LogP contribution < -0.4 is 4.31 Å². The topological polar surface area (TPSA) is 57.7 Å². The van der Waals surface area contributed by atoms with Gasteiger partial charge in [0.2, 0.25) is 15.9 Å². The van der Waals surface area contributed by atoms with Gasteiger partial charge >= 0.3 is 0 Å². The fraction of sp³-hybridized carbons (Fsp3) is 0.435. The molecule has 0 spiro atoms. The highest BCUT2D eigenvalue weighted by Crippen LogP contribution is 2.24. The largest absolute Gasteiger partial charge is 0.341 e. The van der Waals surface area contributed by atoms with Gasteiger partial charge in [0.1, 0.15) is 6.54 Å². The number of nitrogens with zero attached hydrogens (tertiary/aromatic N) is 2. The van der Waals surface area contributed by atoms with Crippen LogP contribution in [0.4, 0.5) is 5.69 Å². The van der Waals surface area contributed by atoms with Crippen LogP contribution in [0.25, 0.3) is 0 Å². The standard InChI is InChI=1S/C23H30N2O3S/c1-18-13-19(2)15-22(14-18)25(29(3,27)28)17-23(26)24-11-9-21(10-12-24)16-20-7-5-4-6-8-20/h4-8,13-15,21H,9-12,16-17H2,1-3H3. The predicted molar refractivity (Wildman–Crippen MR) is 118 cm³/mol. The number of amides is 1. The molecule has 0 radical (unpaired) electrons. The quantitative estimate of drug-likeness (QED) is 0.726. The van der Waals surface area contributed by atoms with Crippen molar-refractivity contribution in [3.8, 4) is 0 Å². The lowest BCUT2D eigenvalue weighted by atomic mass is 9.90. The number of hydrogen-bond donors (Lipinski definition) is 0. The van der Waals surface area contributed by atoms with Gasteiger partial charge in [0.15, 0.2) is 0 Å². The molecule has 1 aliphatic rings. The maximum atomic E-state index is 12.9. The molecule has 2 aromatic carbocycles. The third-order valence-corrected chi connectivity index (χ3v) is 6.65. The summed E-state index contributed by atoms with van der Waals surface area (Å²) in [6, 6.07) is 16.0. The minimum absolute atomic E-state index is 0.132. The molecule has 0 aromatic heterocycles. The number of aryl methyl sites for hydroxylation is 2. The van der Waals surface area contributed by atoms with Crippen LogP contribution in [-0.2, 0) is 21.2 Å². The Bertz CT molecular complexity index is 929. The van der Waals surface area contributed by atoms with Gasteiger partial charge in [-0.25, -0.2) is 8.42 Å². The third-order valence-electron chi connectivity index (χ3n) is 5.51. The van der Waals surface area contributed by atoms with Crippen molar-refractivity contribution in [1.82, 2.24) is 4.90 Å². The molecule has 1 aliphatic heterocycles. The van der Waals surface area contributed by atoms with Crippen molar-refractivity contribution in [2.45, 2.75) is 33.1 Å². The number of rotatable bonds is 6. The molecule has 0 N–H and O–H groups in total. The minimum Gasteiger partial charge on any atom is -0.341 e. The smallest absolute Gasteiger partial charge is 0.243 e. The Balaban J connectivity index is 1.63. The molecule has 29 heavy (non-hydrogen) atoms. The average Bonchev–Trinajstić information content (AvgIpc) is 2.65. The molecule has 0 atom stereocenters. The molecule has 3 rings (SSSR count). The summed E-state index contributed by atoms with van der Waals surface area (Å²) in [4.78, 5) is 14.7. The summed E-state index contributed by atoms with van der Waals surface area (Å²) >= 11 is 0. The number of likely N-dealkylation sites (tertiary alicyclic amines) is 1. The van der Waals surface area contributed by atoms with Crippen molar-refractivity contribution in [1.29, 1.82) is 0 Å². The number of carbonyl (C=O) groups is 1. The SMILES string of the molecule is Cc1cc(C)cc(N(CC(=O)N2CCC(Cc3ccccc3)CC2)S(C)(=O)=O)c1. The Kier molecular flexibility index (Phi) is 6.63. The van der Waals surface area contributed by atoms with Gasteiger partial charge < -0.3 is 4.90 Å². The first-order chi connectivity index (χ1) is 13.7. The third kappa shape index (κ3) is 5.82. The number of benzene rings is 2. The van der Waals surface area contributed by atoms with E-state index in [-0.39, 0.29) is 12.5 Å². The average molecular weight is 415 g/mol. The summed E-state index contributed by atoms with van der Waals surface area (Å²) in [7, 11) is -3.55. The normalized spacial score (nSPS) is 15.3. The maximum Gasteiger partial charge on any atom is 0.243 e. The molecule has 1 saturated heterocycles. The summed E-state index contributed by atoms with van der Waals surface area (Å²) in [6.07, 6.45) is 4.08. The zero-order valence-electron chi connectivity index (χ0n) is 17.5. The van der Waals surface area contributed by atoms with Crippen molar-refractivity contribution < 1.29 is 13.2 Å². The Hall–Kier alpha value is -2.34. The van der Waals surface area contributed by atoms with E-state index >= 15 is 0 Å². The van der Waals surface area contributed by atoms with Gasteiger partial charge in [-0.3, -0.25) is 9.10 Å². The van der Waals surface area contributed by atoms with Crippen molar-refractivity contribution in [2.75, 3.05) is 30.2 Å². The lowest BCUT2D eigenvalue weighted by Gasteiger charge is -2.33. The molecule has 1 fully saturated rings. The van der Waals surface area contributed by atoms with Gasteiger partial charge in [-0.05, 0) is 67.9 Å². The van der Waals surface area contributed by atoms with Gasteiger partial charge in [-0.1, -0.05) is 36.4 Å². The van der Waals surface area contributed by atoms with E-state index in [4.69, 9.17) is 0 Å². The van der Waals surface area contributed by atoms with Gasteiger partial charge in [-0.15, -0.1) is 0 Å². The van der Waals surface area contributed by atoms with Crippen molar-refractivity contribution >= 4 is 21.6 Å². The van der Waals surface area contributed by atoms with Crippen molar-refractivity contribution in [2.24, 2.45) is 5.92 Å². The first kappa shape index (κ1) is 21.4. The van der Waals surface area contributed by atoms with Crippen LogP contribution in [0.15, 0.2) is 48.5 Å². The monoisotopic (exact) mass is 414 g/mol. The second-order valence-corrected chi connectivity index (χ2v) is 10.0. The summed E-state index contributed by atoms with van der Waals surface area (Å²) < 4.78 is 26.0. The maximum absolute atomic E-state index is 12.9. The zero-order chi connectivity index (χ0) is 21.0. The van der Waals surface area contributed by atoms with Gasteiger partial charge in [0, 0.05) is 13.1 Å². The molecule has 2 aromatic rings. The fourth-order valence-electron chi connectivity index (χ4n) is 4.05. The van der Waals surface area contributed by atoms with Crippen LogP contribution in [0.2, 0.25) is 0 Å². The Morgan fingerprint density at radius 2 is 1.62 bits per heavy atom. The first-order valence-corrected chi connectivity index (χ1v) is 11.9. The highest BCUT2D eigenvalue weighted by Gasteiger charge is 2.27.